The van der Waals surface area contributed by atoms with Crippen LogP contribution in [0.25, 0.3) is 0 Å². The number of carbonyl (C=O) groups is 3. The van der Waals surface area contributed by atoms with Gasteiger partial charge in [-0.1, -0.05) is 12.1 Å². The highest BCUT2D eigenvalue weighted by atomic mass is 32.1. The maximum Gasteiger partial charge on any atom is 0.244 e. The van der Waals surface area contributed by atoms with E-state index in [9.17, 15) is 14.4 Å². The van der Waals surface area contributed by atoms with Crippen molar-refractivity contribution >= 4 is 40.4 Å². The zero-order valence-corrected chi connectivity index (χ0v) is 14.7. The molecular weight excluding hydrogens is 338 g/mol. The van der Waals surface area contributed by atoms with Gasteiger partial charge in [-0.15, -0.1) is 11.3 Å². The Morgan fingerprint density at radius 2 is 2.04 bits per heavy atom. The van der Waals surface area contributed by atoms with E-state index < -0.39 is 0 Å². The van der Waals surface area contributed by atoms with Gasteiger partial charge in [0.25, 0.3) is 0 Å². The average Bonchev–Trinajstić information content (AvgIpc) is 3.02. The number of carbonyl (C=O) groups excluding carboxylic acids is 3. The summed E-state index contributed by atoms with van der Waals surface area (Å²) in [4.78, 5) is 38.8. The maximum absolute atomic E-state index is 12.5. The zero-order valence-electron chi connectivity index (χ0n) is 13.9. The molecule has 130 valence electrons. The minimum atomic E-state index is -0.232. The van der Waals surface area contributed by atoms with Crippen LogP contribution in [0.1, 0.15) is 23.3 Å². The third kappa shape index (κ3) is 4.06. The summed E-state index contributed by atoms with van der Waals surface area (Å²) < 4.78 is 0. The third-order valence-corrected chi connectivity index (χ3v) is 5.07. The van der Waals surface area contributed by atoms with Gasteiger partial charge in [0.2, 0.25) is 17.7 Å². The largest absolute Gasteiger partial charge is 0.351 e. The van der Waals surface area contributed by atoms with E-state index in [0.717, 1.165) is 10.4 Å². The number of benzene rings is 1. The third-order valence-electron chi connectivity index (χ3n) is 4.05. The summed E-state index contributed by atoms with van der Waals surface area (Å²) in [6, 6.07) is 9.16. The van der Waals surface area contributed by atoms with Crippen molar-refractivity contribution < 1.29 is 14.4 Å². The number of rotatable bonds is 5. The molecule has 0 radical (unpaired) electrons. The molecule has 0 fully saturated rings. The highest BCUT2D eigenvalue weighted by Crippen LogP contribution is 2.29. The lowest BCUT2D eigenvalue weighted by Crippen LogP contribution is -2.42. The normalized spacial score (nSPS) is 13.2. The number of anilines is 2. The van der Waals surface area contributed by atoms with Crippen LogP contribution in [-0.4, -0.2) is 24.3 Å². The van der Waals surface area contributed by atoms with Crippen molar-refractivity contribution in [3.05, 3.63) is 46.2 Å². The number of fused-ring (bicyclic) bond motifs is 1. The van der Waals surface area contributed by atoms with Gasteiger partial charge >= 0.3 is 0 Å². The first-order chi connectivity index (χ1) is 12.0. The molecule has 1 aromatic heterocycles. The monoisotopic (exact) mass is 357 g/mol. The number of aryl methyl sites for hydroxylation is 1. The molecule has 2 N–H and O–H groups in total. The summed E-state index contributed by atoms with van der Waals surface area (Å²) in [6.07, 6.45) is 0.167. The number of amides is 3. The summed E-state index contributed by atoms with van der Waals surface area (Å²) in [5.74, 6) is -0.634. The minimum Gasteiger partial charge on any atom is -0.351 e. The van der Waals surface area contributed by atoms with Crippen LogP contribution in [-0.2, 0) is 20.9 Å². The molecule has 6 nitrogen and oxygen atoms in total. The van der Waals surface area contributed by atoms with E-state index in [4.69, 9.17) is 0 Å². The van der Waals surface area contributed by atoms with Gasteiger partial charge in [0.1, 0.15) is 6.54 Å². The summed E-state index contributed by atoms with van der Waals surface area (Å²) in [7, 11) is 0. The van der Waals surface area contributed by atoms with Crippen molar-refractivity contribution in [3.63, 3.8) is 0 Å². The van der Waals surface area contributed by atoms with Crippen molar-refractivity contribution in [1.29, 1.82) is 0 Å². The van der Waals surface area contributed by atoms with Gasteiger partial charge < -0.3 is 15.5 Å². The van der Waals surface area contributed by atoms with Gasteiger partial charge in [-0.3, -0.25) is 14.4 Å². The van der Waals surface area contributed by atoms with Crippen LogP contribution in [0.2, 0.25) is 0 Å². The smallest absolute Gasteiger partial charge is 0.244 e. The molecule has 1 aliphatic heterocycles. The van der Waals surface area contributed by atoms with Crippen molar-refractivity contribution in [2.75, 3.05) is 16.8 Å². The molecule has 0 bridgehead atoms. The molecule has 1 aromatic carbocycles. The molecule has 3 amide bonds. The predicted octanol–water partition coefficient (Wildman–Crippen LogP) is 2.44. The van der Waals surface area contributed by atoms with Crippen LogP contribution < -0.4 is 15.5 Å². The number of thiophene rings is 1. The molecule has 0 atom stereocenters. The summed E-state index contributed by atoms with van der Waals surface area (Å²) in [6.45, 7) is 2.46. The molecule has 0 saturated heterocycles. The van der Waals surface area contributed by atoms with Crippen LogP contribution >= 0.6 is 11.3 Å². The fourth-order valence-corrected chi connectivity index (χ4v) is 3.51. The summed E-state index contributed by atoms with van der Waals surface area (Å²) >= 11 is 1.60. The van der Waals surface area contributed by atoms with E-state index >= 15 is 0 Å². The topological polar surface area (TPSA) is 78.5 Å². The highest BCUT2D eigenvalue weighted by Gasteiger charge is 2.26. The number of hydrogen-bond donors (Lipinski definition) is 2. The summed E-state index contributed by atoms with van der Waals surface area (Å²) in [5.41, 5.74) is 2.43. The van der Waals surface area contributed by atoms with Gasteiger partial charge in [-0.05, 0) is 36.1 Å². The van der Waals surface area contributed by atoms with E-state index in [1.807, 2.05) is 24.4 Å². The van der Waals surface area contributed by atoms with Crippen LogP contribution in [0.3, 0.4) is 0 Å². The van der Waals surface area contributed by atoms with Gasteiger partial charge in [-0.2, -0.15) is 0 Å². The molecule has 7 heteroatoms. The lowest BCUT2D eigenvalue weighted by atomic mass is 10.1. The molecule has 2 aromatic rings. The second-order valence-electron chi connectivity index (χ2n) is 5.85. The van der Waals surface area contributed by atoms with E-state index in [1.54, 1.807) is 29.5 Å². The van der Waals surface area contributed by atoms with Crippen LogP contribution in [0.15, 0.2) is 35.7 Å². The lowest BCUT2D eigenvalue weighted by molar-refractivity contribution is -0.125. The lowest BCUT2D eigenvalue weighted by Gasteiger charge is -2.29. The molecular formula is C18H19N3O3S. The van der Waals surface area contributed by atoms with Gasteiger partial charge in [0.05, 0.1) is 17.9 Å². The van der Waals surface area contributed by atoms with Gasteiger partial charge in [-0.25, -0.2) is 0 Å². The molecule has 1 aliphatic rings. The van der Waals surface area contributed by atoms with Crippen molar-refractivity contribution in [2.24, 2.45) is 0 Å². The predicted molar refractivity (Wildman–Crippen MR) is 97.6 cm³/mol. The average molecular weight is 357 g/mol. The van der Waals surface area contributed by atoms with E-state index in [0.29, 0.717) is 17.9 Å². The zero-order chi connectivity index (χ0) is 17.8. The van der Waals surface area contributed by atoms with E-state index in [2.05, 4.69) is 10.6 Å². The molecule has 3 rings (SSSR count). The number of nitrogens with one attached hydrogen (secondary N) is 2. The quantitative estimate of drug-likeness (QED) is 0.863. The van der Waals surface area contributed by atoms with Crippen molar-refractivity contribution in [3.8, 4) is 0 Å². The molecule has 0 saturated carbocycles. The Hall–Kier alpha value is -2.67. The SMILES string of the molecule is Cc1ccsc1CNC(=O)CCC(=O)N1CC(=O)Nc2ccccc21. The minimum absolute atomic E-state index is 0.0220. The first kappa shape index (κ1) is 17.2. The standard InChI is InChI=1S/C18H19N3O3S/c1-12-8-9-25-15(12)10-19-16(22)6-7-18(24)21-11-17(23)20-13-4-2-3-5-14(13)21/h2-5,8-9H,6-7,10-11H2,1H3,(H,19,22)(H,20,23). The van der Waals surface area contributed by atoms with E-state index in [-0.39, 0.29) is 37.1 Å². The Labute approximate surface area is 149 Å². The Morgan fingerprint density at radius 1 is 1.24 bits per heavy atom. The first-order valence-electron chi connectivity index (χ1n) is 8.03. The Morgan fingerprint density at radius 3 is 2.80 bits per heavy atom. The Kier molecular flexibility index (Phi) is 5.14. The molecule has 0 aliphatic carbocycles. The fourth-order valence-electron chi connectivity index (χ4n) is 2.66. The first-order valence-corrected chi connectivity index (χ1v) is 8.91. The van der Waals surface area contributed by atoms with E-state index in [1.165, 1.54) is 4.90 Å². The van der Waals surface area contributed by atoms with Crippen molar-refractivity contribution in [2.45, 2.75) is 26.3 Å². The van der Waals surface area contributed by atoms with Crippen LogP contribution in [0.4, 0.5) is 11.4 Å². The maximum atomic E-state index is 12.5. The van der Waals surface area contributed by atoms with Crippen molar-refractivity contribution in [1.82, 2.24) is 5.32 Å². The molecule has 25 heavy (non-hydrogen) atoms. The van der Waals surface area contributed by atoms with Crippen LogP contribution in [0, 0.1) is 6.92 Å². The van der Waals surface area contributed by atoms with Gasteiger partial charge in [0, 0.05) is 17.7 Å². The number of nitrogens with zero attached hydrogens (tertiary/aromatic N) is 1. The Bertz CT molecular complexity index is 815. The molecule has 0 spiro atoms. The molecule has 2 heterocycles. The second kappa shape index (κ2) is 7.48. The van der Waals surface area contributed by atoms with Crippen LogP contribution in [0.5, 0.6) is 0 Å². The molecule has 0 unspecified atom stereocenters. The van der Waals surface area contributed by atoms with Gasteiger partial charge in [0.15, 0.2) is 0 Å². The fraction of sp³-hybridized carbons (Fsp3) is 0.278. The number of hydrogen-bond acceptors (Lipinski definition) is 4. The second-order valence-corrected chi connectivity index (χ2v) is 6.85. The Balaban J connectivity index is 1.55. The number of para-hydroxylation sites is 2. The highest BCUT2D eigenvalue weighted by molar-refractivity contribution is 7.10. The summed E-state index contributed by atoms with van der Waals surface area (Å²) in [5, 5.41) is 7.56.